The Morgan fingerprint density at radius 3 is 2.47 bits per heavy atom. The van der Waals surface area contributed by atoms with Crippen LogP contribution in [0.25, 0.3) is 11.1 Å². The number of aryl methyl sites for hydroxylation is 2. The van der Waals surface area contributed by atoms with Crippen LogP contribution in [-0.4, -0.2) is 25.4 Å². The molecule has 1 amide bonds. The normalized spacial score (nSPS) is 13.0. The van der Waals surface area contributed by atoms with Gasteiger partial charge in [0.05, 0.1) is 4.90 Å². The second-order valence-corrected chi connectivity index (χ2v) is 9.46. The van der Waals surface area contributed by atoms with Gasteiger partial charge in [-0.3, -0.25) is 4.79 Å². The van der Waals surface area contributed by atoms with Gasteiger partial charge >= 0.3 is 0 Å². The maximum atomic E-state index is 12.9. The van der Waals surface area contributed by atoms with E-state index in [1.165, 1.54) is 12.1 Å². The Bertz CT molecular complexity index is 1130. The van der Waals surface area contributed by atoms with Crippen LogP contribution in [0.1, 0.15) is 38.6 Å². The van der Waals surface area contributed by atoms with E-state index >= 15 is 0 Å². The summed E-state index contributed by atoms with van der Waals surface area (Å²) in [7, 11) is -3.83. The Morgan fingerprint density at radius 2 is 1.83 bits per heavy atom. The number of fused-ring (bicyclic) bond motifs is 1. The smallest absolute Gasteiger partial charge is 0.242 e. The molecule has 1 unspecified atom stereocenters. The lowest BCUT2D eigenvalue weighted by atomic mass is 10.0. The average Bonchev–Trinajstić information content (AvgIpc) is 3.09. The number of nitrogens with zero attached hydrogens (tertiary/aromatic N) is 1. The number of carbonyl (C=O) groups excluding carboxylic acids is 1. The molecule has 0 aliphatic heterocycles. The molecule has 30 heavy (non-hydrogen) atoms. The van der Waals surface area contributed by atoms with Crippen LogP contribution in [0.4, 0.5) is 5.69 Å². The molecule has 0 bridgehead atoms. The van der Waals surface area contributed by atoms with E-state index in [1.54, 1.807) is 30.3 Å². The second-order valence-electron chi connectivity index (χ2n) is 7.75. The summed E-state index contributed by atoms with van der Waals surface area (Å²) in [6, 6.07) is 10.8. The largest absolute Gasteiger partial charge is 0.441 e. The van der Waals surface area contributed by atoms with E-state index in [0.29, 0.717) is 35.5 Å². The predicted molar refractivity (Wildman–Crippen MR) is 117 cm³/mol. The standard InChI is InChI=1S/C22H27N3O4S/c1-5-21-24-18-13-16(8-11-20(18)29-21)23-22(26)19(12-14(2)3)25-30(27,28)17-9-6-15(4)7-10-17/h6-11,13-14,19,25H,5,12H2,1-4H3,(H,23,26). The number of anilines is 1. The van der Waals surface area contributed by atoms with Crippen molar-refractivity contribution in [2.24, 2.45) is 5.92 Å². The van der Waals surface area contributed by atoms with Crippen molar-refractivity contribution in [3.63, 3.8) is 0 Å². The molecular weight excluding hydrogens is 402 g/mol. The van der Waals surface area contributed by atoms with Crippen LogP contribution in [0.5, 0.6) is 0 Å². The Kier molecular flexibility index (Phi) is 6.58. The van der Waals surface area contributed by atoms with Crippen molar-refractivity contribution >= 4 is 32.7 Å². The number of aromatic nitrogens is 1. The van der Waals surface area contributed by atoms with Crippen molar-refractivity contribution in [2.45, 2.75) is 51.5 Å². The summed E-state index contributed by atoms with van der Waals surface area (Å²) in [5, 5.41) is 2.80. The van der Waals surface area contributed by atoms with Gasteiger partial charge in [0, 0.05) is 12.1 Å². The van der Waals surface area contributed by atoms with Crippen molar-refractivity contribution in [3.8, 4) is 0 Å². The van der Waals surface area contributed by atoms with Crippen molar-refractivity contribution < 1.29 is 17.6 Å². The molecule has 160 valence electrons. The fourth-order valence-electron chi connectivity index (χ4n) is 3.09. The first-order chi connectivity index (χ1) is 14.2. The lowest BCUT2D eigenvalue weighted by molar-refractivity contribution is -0.118. The molecule has 0 saturated carbocycles. The third-order valence-corrected chi connectivity index (χ3v) is 6.14. The summed E-state index contributed by atoms with van der Waals surface area (Å²) in [6.07, 6.45) is 1.04. The first-order valence-electron chi connectivity index (χ1n) is 9.97. The highest BCUT2D eigenvalue weighted by atomic mass is 32.2. The molecule has 0 aliphatic rings. The van der Waals surface area contributed by atoms with Gasteiger partial charge in [-0.25, -0.2) is 13.4 Å². The van der Waals surface area contributed by atoms with Gasteiger partial charge < -0.3 is 9.73 Å². The summed E-state index contributed by atoms with van der Waals surface area (Å²) >= 11 is 0. The third-order valence-electron chi connectivity index (χ3n) is 4.65. The molecule has 2 aromatic carbocycles. The summed E-state index contributed by atoms with van der Waals surface area (Å²) in [5.74, 6) is 0.321. The number of hydrogen-bond acceptors (Lipinski definition) is 5. The maximum absolute atomic E-state index is 12.9. The number of carbonyl (C=O) groups is 1. The van der Waals surface area contributed by atoms with Gasteiger partial charge in [-0.15, -0.1) is 0 Å². The van der Waals surface area contributed by atoms with E-state index in [4.69, 9.17) is 4.42 Å². The van der Waals surface area contributed by atoms with Crippen LogP contribution < -0.4 is 10.0 Å². The number of rotatable bonds is 8. The number of benzene rings is 2. The predicted octanol–water partition coefficient (Wildman–Crippen LogP) is 4.03. The fraction of sp³-hybridized carbons (Fsp3) is 0.364. The van der Waals surface area contributed by atoms with Crippen LogP contribution in [0.2, 0.25) is 0 Å². The summed E-state index contributed by atoms with van der Waals surface area (Å²) < 4.78 is 33.7. The average molecular weight is 430 g/mol. The van der Waals surface area contributed by atoms with Gasteiger partial charge in [0.25, 0.3) is 0 Å². The zero-order chi connectivity index (χ0) is 21.9. The number of amides is 1. The molecule has 1 atom stereocenters. The molecule has 8 heteroatoms. The van der Waals surface area contributed by atoms with Crippen LogP contribution in [0.15, 0.2) is 51.8 Å². The molecule has 1 heterocycles. The van der Waals surface area contributed by atoms with Gasteiger partial charge in [0.1, 0.15) is 11.6 Å². The Balaban J connectivity index is 1.80. The van der Waals surface area contributed by atoms with E-state index in [0.717, 1.165) is 5.56 Å². The van der Waals surface area contributed by atoms with Crippen molar-refractivity contribution in [2.75, 3.05) is 5.32 Å². The second kappa shape index (κ2) is 8.97. The zero-order valence-corrected chi connectivity index (χ0v) is 18.4. The summed E-state index contributed by atoms with van der Waals surface area (Å²) in [4.78, 5) is 17.4. The van der Waals surface area contributed by atoms with Gasteiger partial charge in [-0.1, -0.05) is 38.5 Å². The number of hydrogen-bond donors (Lipinski definition) is 2. The van der Waals surface area contributed by atoms with E-state index < -0.39 is 22.0 Å². The number of oxazole rings is 1. The highest BCUT2D eigenvalue weighted by Gasteiger charge is 2.26. The van der Waals surface area contributed by atoms with Crippen LogP contribution >= 0.6 is 0 Å². The van der Waals surface area contributed by atoms with Crippen LogP contribution in [0.3, 0.4) is 0 Å². The molecule has 0 saturated heterocycles. The van der Waals surface area contributed by atoms with Crippen LogP contribution in [0, 0.1) is 12.8 Å². The van der Waals surface area contributed by atoms with E-state index in [1.807, 2.05) is 27.7 Å². The van der Waals surface area contributed by atoms with Gasteiger partial charge in [-0.05, 0) is 49.6 Å². The molecule has 0 spiro atoms. The zero-order valence-electron chi connectivity index (χ0n) is 17.6. The quantitative estimate of drug-likeness (QED) is 0.563. The lowest BCUT2D eigenvalue weighted by Gasteiger charge is -2.20. The topological polar surface area (TPSA) is 101 Å². The molecule has 0 radical (unpaired) electrons. The molecule has 0 fully saturated rings. The summed E-state index contributed by atoms with van der Waals surface area (Å²) in [6.45, 7) is 7.71. The first-order valence-corrected chi connectivity index (χ1v) is 11.5. The molecular formula is C22H27N3O4S. The first kappa shape index (κ1) is 22.0. The minimum absolute atomic E-state index is 0.117. The Labute approximate surface area is 176 Å². The van der Waals surface area contributed by atoms with Crippen molar-refractivity contribution in [3.05, 3.63) is 53.9 Å². The molecule has 1 aromatic heterocycles. The highest BCUT2D eigenvalue weighted by molar-refractivity contribution is 7.89. The van der Waals surface area contributed by atoms with E-state index in [-0.39, 0.29) is 10.8 Å². The highest BCUT2D eigenvalue weighted by Crippen LogP contribution is 2.21. The van der Waals surface area contributed by atoms with Gasteiger partial charge in [0.15, 0.2) is 11.5 Å². The lowest BCUT2D eigenvalue weighted by Crippen LogP contribution is -2.44. The number of nitrogens with one attached hydrogen (secondary N) is 2. The summed E-state index contributed by atoms with van der Waals surface area (Å²) in [5.41, 5.74) is 2.78. The fourth-order valence-corrected chi connectivity index (χ4v) is 4.29. The van der Waals surface area contributed by atoms with E-state index in [9.17, 15) is 13.2 Å². The third kappa shape index (κ3) is 5.25. The van der Waals surface area contributed by atoms with E-state index in [2.05, 4.69) is 15.0 Å². The Hall–Kier alpha value is -2.71. The minimum Gasteiger partial charge on any atom is -0.441 e. The van der Waals surface area contributed by atoms with Gasteiger partial charge in [0.2, 0.25) is 15.9 Å². The van der Waals surface area contributed by atoms with Crippen molar-refractivity contribution in [1.82, 2.24) is 9.71 Å². The van der Waals surface area contributed by atoms with Crippen LogP contribution in [-0.2, 0) is 21.2 Å². The number of sulfonamides is 1. The minimum atomic E-state index is -3.83. The molecule has 2 N–H and O–H groups in total. The molecule has 7 nitrogen and oxygen atoms in total. The maximum Gasteiger partial charge on any atom is 0.242 e. The SMILES string of the molecule is CCc1nc2cc(NC(=O)C(CC(C)C)NS(=O)(=O)c3ccc(C)cc3)ccc2o1. The molecule has 3 rings (SSSR count). The van der Waals surface area contributed by atoms with Crippen molar-refractivity contribution in [1.29, 1.82) is 0 Å². The Morgan fingerprint density at radius 1 is 1.13 bits per heavy atom. The molecule has 0 aliphatic carbocycles. The van der Waals surface area contributed by atoms with Gasteiger partial charge in [-0.2, -0.15) is 4.72 Å². The molecule has 3 aromatic rings. The monoisotopic (exact) mass is 429 g/mol.